The number of H-pyrrole nitrogens is 1. The summed E-state index contributed by atoms with van der Waals surface area (Å²) in [6, 6.07) is 15.1. The Balaban J connectivity index is 1.88. The molecule has 0 saturated heterocycles. The van der Waals surface area contributed by atoms with Gasteiger partial charge in [0.15, 0.2) is 5.82 Å². The van der Waals surface area contributed by atoms with Crippen LogP contribution in [0.4, 0.5) is 11.5 Å². The Hall–Kier alpha value is -3.48. The molecular weight excluding hydrogens is 320 g/mol. The van der Waals surface area contributed by atoms with Gasteiger partial charge in [-0.15, -0.1) is 0 Å². The number of aromatic amines is 1. The van der Waals surface area contributed by atoms with Gasteiger partial charge in [0.05, 0.1) is 12.7 Å². The predicted octanol–water partition coefficient (Wildman–Crippen LogP) is 2.19. The summed E-state index contributed by atoms with van der Waals surface area (Å²) in [7, 11) is 1.53. The number of aromatic nitrogens is 2. The molecule has 7 nitrogen and oxygen atoms in total. The third kappa shape index (κ3) is 3.55. The van der Waals surface area contributed by atoms with Gasteiger partial charge < -0.3 is 25.9 Å². The van der Waals surface area contributed by atoms with Gasteiger partial charge in [0, 0.05) is 6.07 Å². The maximum absolute atomic E-state index is 11.8. The molecule has 3 aromatic rings. The van der Waals surface area contributed by atoms with E-state index in [1.807, 2.05) is 30.3 Å². The molecule has 0 amide bonds. The topological polar surface area (TPSA) is 116 Å². The zero-order valence-electron chi connectivity index (χ0n) is 13.7. The van der Waals surface area contributed by atoms with E-state index in [1.54, 1.807) is 18.2 Å². The van der Waals surface area contributed by atoms with Crippen molar-refractivity contribution < 1.29 is 9.47 Å². The number of nitrogens with two attached hydrogens (primary N) is 2. The summed E-state index contributed by atoms with van der Waals surface area (Å²) in [5, 5.41) is 0. The summed E-state index contributed by atoms with van der Waals surface area (Å²) in [5.74, 6) is 1.39. The van der Waals surface area contributed by atoms with Crippen molar-refractivity contribution >= 4 is 11.5 Å². The quantitative estimate of drug-likeness (QED) is 0.656. The molecule has 0 unspecified atom stereocenters. The van der Waals surface area contributed by atoms with E-state index < -0.39 is 5.56 Å². The molecule has 5 N–H and O–H groups in total. The molecule has 3 rings (SSSR count). The Kier molecular flexibility index (Phi) is 4.56. The smallest absolute Gasteiger partial charge is 0.276 e. The van der Waals surface area contributed by atoms with Crippen molar-refractivity contribution in [2.24, 2.45) is 0 Å². The number of nitrogen functional groups attached to an aromatic ring is 2. The third-order valence-corrected chi connectivity index (χ3v) is 3.66. The molecular formula is C18H18N4O3. The highest BCUT2D eigenvalue weighted by atomic mass is 16.5. The van der Waals surface area contributed by atoms with Crippen molar-refractivity contribution in [2.45, 2.75) is 6.61 Å². The summed E-state index contributed by atoms with van der Waals surface area (Å²) >= 11 is 0. The summed E-state index contributed by atoms with van der Waals surface area (Å²) in [4.78, 5) is 18.5. The maximum atomic E-state index is 11.8. The first-order valence-electron chi connectivity index (χ1n) is 7.59. The summed E-state index contributed by atoms with van der Waals surface area (Å²) in [6.45, 7) is 0.438. The molecule has 0 aliphatic heterocycles. The monoisotopic (exact) mass is 338 g/mol. The number of hydrogen-bond acceptors (Lipinski definition) is 6. The molecule has 1 heterocycles. The Bertz CT molecular complexity index is 939. The van der Waals surface area contributed by atoms with Crippen LogP contribution in [0.5, 0.6) is 11.5 Å². The minimum Gasteiger partial charge on any atom is -0.496 e. The minimum atomic E-state index is -0.492. The number of benzene rings is 2. The molecule has 0 aliphatic rings. The molecule has 2 aromatic carbocycles. The summed E-state index contributed by atoms with van der Waals surface area (Å²) in [5.41, 5.74) is 12.2. The van der Waals surface area contributed by atoms with E-state index >= 15 is 0 Å². The van der Waals surface area contributed by atoms with Crippen molar-refractivity contribution in [3.8, 4) is 22.9 Å². The molecule has 0 bridgehead atoms. The van der Waals surface area contributed by atoms with E-state index in [2.05, 4.69) is 9.97 Å². The fourth-order valence-electron chi connectivity index (χ4n) is 2.33. The lowest BCUT2D eigenvalue weighted by atomic mass is 10.1. The fraction of sp³-hybridized carbons (Fsp3) is 0.111. The lowest BCUT2D eigenvalue weighted by molar-refractivity contribution is 0.304. The van der Waals surface area contributed by atoms with Crippen LogP contribution in [0.1, 0.15) is 5.56 Å². The lowest BCUT2D eigenvalue weighted by Gasteiger charge is -2.12. The molecule has 128 valence electrons. The average Bonchev–Trinajstić information content (AvgIpc) is 2.64. The third-order valence-electron chi connectivity index (χ3n) is 3.66. The average molecular weight is 338 g/mol. The lowest BCUT2D eigenvalue weighted by Crippen LogP contribution is -2.17. The van der Waals surface area contributed by atoms with E-state index in [4.69, 9.17) is 20.9 Å². The van der Waals surface area contributed by atoms with Gasteiger partial charge in [-0.3, -0.25) is 4.79 Å². The van der Waals surface area contributed by atoms with Gasteiger partial charge in [-0.25, -0.2) is 4.98 Å². The predicted molar refractivity (Wildman–Crippen MR) is 96.4 cm³/mol. The summed E-state index contributed by atoms with van der Waals surface area (Å²) in [6.07, 6.45) is 0. The number of anilines is 2. The molecule has 0 atom stereocenters. The standard InChI is InChI=1S/C18H18N4O3/c1-24-14-9-12(25-10-11-5-3-2-4-6-11)7-8-13(14)17-21-16(20)15(19)18(23)22-17/h2-9H,10,19H2,1H3,(H3,20,21,22,23). The Labute approximate surface area is 144 Å². The number of rotatable bonds is 5. The highest BCUT2D eigenvalue weighted by Crippen LogP contribution is 2.31. The molecule has 7 heteroatoms. The highest BCUT2D eigenvalue weighted by molar-refractivity contribution is 5.69. The second-order valence-corrected chi connectivity index (χ2v) is 5.35. The van der Waals surface area contributed by atoms with Crippen LogP contribution in [0.3, 0.4) is 0 Å². The van der Waals surface area contributed by atoms with E-state index in [9.17, 15) is 4.79 Å². The van der Waals surface area contributed by atoms with Crippen LogP contribution in [0, 0.1) is 0 Å². The van der Waals surface area contributed by atoms with Gasteiger partial charge in [-0.05, 0) is 17.7 Å². The van der Waals surface area contributed by atoms with Crippen LogP contribution in [0.25, 0.3) is 11.4 Å². The zero-order chi connectivity index (χ0) is 17.8. The Morgan fingerprint density at radius 1 is 1.12 bits per heavy atom. The second-order valence-electron chi connectivity index (χ2n) is 5.35. The normalized spacial score (nSPS) is 10.4. The molecule has 0 radical (unpaired) electrons. The van der Waals surface area contributed by atoms with Crippen LogP contribution < -0.4 is 26.5 Å². The number of nitrogens with zero attached hydrogens (tertiary/aromatic N) is 1. The number of hydrogen-bond donors (Lipinski definition) is 3. The number of methoxy groups -OCH3 is 1. The van der Waals surface area contributed by atoms with Crippen LogP contribution in [-0.4, -0.2) is 17.1 Å². The second kappa shape index (κ2) is 6.96. The molecule has 1 aromatic heterocycles. The number of ether oxygens (including phenoxy) is 2. The van der Waals surface area contributed by atoms with Gasteiger partial charge in [0.25, 0.3) is 5.56 Å². The van der Waals surface area contributed by atoms with Gasteiger partial charge in [0.1, 0.15) is 29.6 Å². The van der Waals surface area contributed by atoms with Crippen LogP contribution in [-0.2, 0) is 6.61 Å². The van der Waals surface area contributed by atoms with Gasteiger partial charge in [-0.2, -0.15) is 0 Å². The Morgan fingerprint density at radius 2 is 1.88 bits per heavy atom. The van der Waals surface area contributed by atoms with Crippen molar-refractivity contribution in [3.63, 3.8) is 0 Å². The largest absolute Gasteiger partial charge is 0.496 e. The Morgan fingerprint density at radius 3 is 2.56 bits per heavy atom. The molecule has 0 aliphatic carbocycles. The summed E-state index contributed by atoms with van der Waals surface area (Å²) < 4.78 is 11.2. The first-order valence-corrected chi connectivity index (χ1v) is 7.59. The molecule has 25 heavy (non-hydrogen) atoms. The van der Waals surface area contributed by atoms with E-state index in [1.165, 1.54) is 7.11 Å². The first kappa shape index (κ1) is 16.4. The van der Waals surface area contributed by atoms with E-state index in [0.29, 0.717) is 23.7 Å². The van der Waals surface area contributed by atoms with Crippen molar-refractivity contribution in [2.75, 3.05) is 18.6 Å². The van der Waals surface area contributed by atoms with Crippen molar-refractivity contribution in [1.82, 2.24) is 9.97 Å². The van der Waals surface area contributed by atoms with Crippen molar-refractivity contribution in [1.29, 1.82) is 0 Å². The molecule has 0 spiro atoms. The van der Waals surface area contributed by atoms with Crippen LogP contribution >= 0.6 is 0 Å². The molecule has 0 fully saturated rings. The number of nitrogens with one attached hydrogen (secondary N) is 1. The van der Waals surface area contributed by atoms with Gasteiger partial charge in [0.2, 0.25) is 0 Å². The molecule has 0 saturated carbocycles. The van der Waals surface area contributed by atoms with E-state index in [0.717, 1.165) is 5.56 Å². The van der Waals surface area contributed by atoms with Crippen LogP contribution in [0.15, 0.2) is 53.3 Å². The SMILES string of the molecule is COc1cc(OCc2ccccc2)ccc1-c1nc(N)c(N)c(=O)[nH]1. The van der Waals surface area contributed by atoms with Gasteiger partial charge >= 0.3 is 0 Å². The van der Waals surface area contributed by atoms with Gasteiger partial charge in [-0.1, -0.05) is 30.3 Å². The first-order chi connectivity index (χ1) is 12.1. The fourth-order valence-corrected chi connectivity index (χ4v) is 2.33. The maximum Gasteiger partial charge on any atom is 0.276 e. The van der Waals surface area contributed by atoms with Crippen molar-refractivity contribution in [3.05, 3.63) is 64.4 Å². The highest BCUT2D eigenvalue weighted by Gasteiger charge is 2.13. The van der Waals surface area contributed by atoms with E-state index in [-0.39, 0.29) is 17.3 Å². The zero-order valence-corrected chi connectivity index (χ0v) is 13.7. The van der Waals surface area contributed by atoms with Crippen LogP contribution in [0.2, 0.25) is 0 Å². The minimum absolute atomic E-state index is 0.0230.